The maximum absolute atomic E-state index is 13.5. The maximum Gasteiger partial charge on any atom is 0.452 e. The first-order chi connectivity index (χ1) is 17.9. The predicted octanol–water partition coefficient (Wildman–Crippen LogP) is 5.14. The second-order valence-electron chi connectivity index (χ2n) is 9.33. The summed E-state index contributed by atoms with van der Waals surface area (Å²) in [5, 5.41) is 10.1. The quantitative estimate of drug-likeness (QED) is 0.305. The number of carbonyl (C=O) groups excluding carboxylic acids is 3. The molecule has 3 amide bonds. The summed E-state index contributed by atoms with van der Waals surface area (Å²) in [4.78, 5) is 54.0. The first-order valence-electron chi connectivity index (χ1n) is 11.4. The molecule has 1 saturated heterocycles. The minimum Gasteiger partial charge on any atom is -0.347 e. The number of anilines is 1. The second kappa shape index (κ2) is 11.1. The molecule has 2 N–H and O–H groups in total. The average molecular weight is 582 g/mol. The third-order valence-electron chi connectivity index (χ3n) is 5.20. The van der Waals surface area contributed by atoms with E-state index in [9.17, 15) is 14.4 Å². The van der Waals surface area contributed by atoms with Gasteiger partial charge in [-0.2, -0.15) is 0 Å². The van der Waals surface area contributed by atoms with E-state index in [0.29, 0.717) is 13.1 Å². The molecule has 3 heterocycles. The minimum atomic E-state index is -0.739. The molecular formula is C24H23Cl3N6O5. The number of likely N-dealkylation sites (tertiary alicyclic amines) is 1. The number of pyridine rings is 1. The number of carbonyl (C=O) groups is 3. The Morgan fingerprint density at radius 3 is 2.39 bits per heavy atom. The van der Waals surface area contributed by atoms with Gasteiger partial charge in [-0.25, -0.2) is 19.3 Å². The molecule has 0 spiro atoms. The van der Waals surface area contributed by atoms with E-state index in [-0.39, 0.29) is 43.7 Å². The number of benzene rings is 1. The molecular weight excluding hydrogens is 559 g/mol. The minimum absolute atomic E-state index is 0.0226. The van der Waals surface area contributed by atoms with Gasteiger partial charge < -0.3 is 15.5 Å². The Balaban J connectivity index is 1.68. The molecule has 0 radical (unpaired) electrons. The summed E-state index contributed by atoms with van der Waals surface area (Å²) in [5.74, 6) is -1.34. The Kier molecular flexibility index (Phi) is 8.00. The predicted molar refractivity (Wildman–Crippen MR) is 141 cm³/mol. The molecule has 1 aromatic carbocycles. The first-order valence-corrected chi connectivity index (χ1v) is 12.5. The van der Waals surface area contributed by atoms with Gasteiger partial charge in [-0.1, -0.05) is 34.8 Å². The van der Waals surface area contributed by atoms with Crippen LogP contribution in [0, 0.1) is 0 Å². The molecule has 0 aliphatic carbocycles. The monoisotopic (exact) mass is 580 g/mol. The molecule has 0 atom stereocenters. The summed E-state index contributed by atoms with van der Waals surface area (Å²) in [6.45, 7) is 6.53. The van der Waals surface area contributed by atoms with Crippen LogP contribution in [0.2, 0.25) is 15.1 Å². The van der Waals surface area contributed by atoms with E-state index in [0.717, 1.165) is 11.1 Å². The van der Waals surface area contributed by atoms with Crippen molar-refractivity contribution in [3.05, 3.63) is 62.9 Å². The summed E-state index contributed by atoms with van der Waals surface area (Å²) in [5.41, 5.74) is -0.600. The van der Waals surface area contributed by atoms with Crippen LogP contribution >= 0.6 is 34.8 Å². The van der Waals surface area contributed by atoms with Crippen LogP contribution < -0.4 is 15.5 Å². The standard InChI is InChI=1S/C24H23Cl3N6O5/c1-24(2,3)30-21(34)14-10-13(25)11-16(27)19(14)29-22(35)17-12-18(37-38-23(36)32-8-5-9-32)31-33(17)20-15(26)6-4-7-28-20/h4,6-7,10-12H,5,8-9H2,1-3H3,(H,29,35)(H,30,34). The zero-order valence-corrected chi connectivity index (χ0v) is 22.8. The molecule has 2 aromatic heterocycles. The summed E-state index contributed by atoms with van der Waals surface area (Å²) in [6, 6.07) is 7.17. The Morgan fingerprint density at radius 1 is 1.03 bits per heavy atom. The molecule has 1 aliphatic rings. The summed E-state index contributed by atoms with van der Waals surface area (Å²) < 4.78 is 1.11. The van der Waals surface area contributed by atoms with Gasteiger partial charge in [0.25, 0.3) is 17.7 Å². The third kappa shape index (κ3) is 6.29. The van der Waals surface area contributed by atoms with E-state index in [1.807, 2.05) is 0 Å². The van der Waals surface area contributed by atoms with Gasteiger partial charge >= 0.3 is 6.09 Å². The van der Waals surface area contributed by atoms with Crippen molar-refractivity contribution in [3.8, 4) is 11.7 Å². The van der Waals surface area contributed by atoms with E-state index in [1.165, 1.54) is 29.3 Å². The number of hydrogen-bond acceptors (Lipinski definition) is 7. The van der Waals surface area contributed by atoms with Gasteiger partial charge in [0.15, 0.2) is 5.82 Å². The molecule has 200 valence electrons. The molecule has 3 aromatic rings. The van der Waals surface area contributed by atoms with Crippen molar-refractivity contribution in [3.63, 3.8) is 0 Å². The Hall–Kier alpha value is -3.54. The summed E-state index contributed by atoms with van der Waals surface area (Å²) in [6.07, 6.45) is 1.64. The van der Waals surface area contributed by atoms with E-state index in [4.69, 9.17) is 44.6 Å². The number of nitrogens with one attached hydrogen (secondary N) is 2. The largest absolute Gasteiger partial charge is 0.452 e. The number of amides is 3. The Labute approximate surface area is 232 Å². The molecule has 1 aliphatic heterocycles. The van der Waals surface area contributed by atoms with Crippen LogP contribution in [-0.4, -0.2) is 56.2 Å². The number of hydrogen-bond donors (Lipinski definition) is 2. The van der Waals surface area contributed by atoms with Crippen LogP contribution in [0.25, 0.3) is 5.82 Å². The van der Waals surface area contributed by atoms with Gasteiger partial charge in [0.1, 0.15) is 5.69 Å². The zero-order valence-electron chi connectivity index (χ0n) is 20.5. The number of nitrogens with zero attached hydrogens (tertiary/aromatic N) is 4. The van der Waals surface area contributed by atoms with Crippen molar-refractivity contribution in [1.29, 1.82) is 0 Å². The van der Waals surface area contributed by atoms with Crippen LogP contribution in [0.5, 0.6) is 5.88 Å². The second-order valence-corrected chi connectivity index (χ2v) is 10.6. The van der Waals surface area contributed by atoms with Gasteiger partial charge in [0.05, 0.1) is 21.3 Å². The number of halogens is 3. The van der Waals surface area contributed by atoms with Crippen molar-refractivity contribution < 1.29 is 24.2 Å². The molecule has 38 heavy (non-hydrogen) atoms. The highest BCUT2D eigenvalue weighted by molar-refractivity contribution is 6.38. The molecule has 4 rings (SSSR count). The van der Waals surface area contributed by atoms with Gasteiger partial charge in [-0.15, -0.1) is 5.10 Å². The molecule has 0 unspecified atom stereocenters. The van der Waals surface area contributed by atoms with Crippen molar-refractivity contribution in [2.75, 3.05) is 18.4 Å². The van der Waals surface area contributed by atoms with Crippen molar-refractivity contribution in [2.24, 2.45) is 0 Å². The van der Waals surface area contributed by atoms with Crippen LogP contribution in [0.3, 0.4) is 0 Å². The Morgan fingerprint density at radius 2 is 1.76 bits per heavy atom. The van der Waals surface area contributed by atoms with Crippen molar-refractivity contribution in [2.45, 2.75) is 32.7 Å². The van der Waals surface area contributed by atoms with E-state index in [1.54, 1.807) is 32.9 Å². The molecule has 0 bridgehead atoms. The lowest BCUT2D eigenvalue weighted by atomic mass is 10.1. The molecule has 0 saturated carbocycles. The smallest absolute Gasteiger partial charge is 0.347 e. The SMILES string of the molecule is CC(C)(C)NC(=O)c1cc(Cl)cc(Cl)c1NC(=O)c1cc(OOC(=O)N2CCC2)nn1-c1ncccc1Cl. The van der Waals surface area contributed by atoms with Gasteiger partial charge in [-0.05, 0) is 51.5 Å². The third-order valence-corrected chi connectivity index (χ3v) is 6.01. The van der Waals surface area contributed by atoms with E-state index >= 15 is 0 Å². The fourth-order valence-corrected chi connectivity index (χ4v) is 4.09. The molecule has 11 nitrogen and oxygen atoms in total. The topological polar surface area (TPSA) is 128 Å². The van der Waals surface area contributed by atoms with E-state index in [2.05, 4.69) is 20.7 Å². The fraction of sp³-hybridized carbons (Fsp3) is 0.292. The fourth-order valence-electron chi connectivity index (χ4n) is 3.35. The average Bonchev–Trinajstić information content (AvgIpc) is 3.21. The maximum atomic E-state index is 13.5. The zero-order chi connectivity index (χ0) is 27.6. The van der Waals surface area contributed by atoms with Crippen LogP contribution in [0.15, 0.2) is 36.5 Å². The van der Waals surface area contributed by atoms with Gasteiger partial charge in [0, 0.05) is 35.9 Å². The van der Waals surface area contributed by atoms with Crippen molar-refractivity contribution in [1.82, 2.24) is 25.0 Å². The molecule has 14 heteroatoms. The number of aromatic nitrogens is 3. The van der Waals surface area contributed by atoms with Gasteiger partial charge in [-0.3, -0.25) is 14.5 Å². The molecule has 1 fully saturated rings. The van der Waals surface area contributed by atoms with Gasteiger partial charge in [0.2, 0.25) is 0 Å². The highest BCUT2D eigenvalue weighted by Crippen LogP contribution is 2.32. The number of rotatable bonds is 6. The Bertz CT molecular complexity index is 1400. The summed E-state index contributed by atoms with van der Waals surface area (Å²) in [7, 11) is 0. The van der Waals surface area contributed by atoms with Crippen LogP contribution in [-0.2, 0) is 4.89 Å². The van der Waals surface area contributed by atoms with Crippen LogP contribution in [0.4, 0.5) is 10.5 Å². The highest BCUT2D eigenvalue weighted by Gasteiger charge is 2.27. The first kappa shape index (κ1) is 27.5. The summed E-state index contributed by atoms with van der Waals surface area (Å²) >= 11 is 18.8. The van der Waals surface area contributed by atoms with Crippen LogP contribution in [0.1, 0.15) is 48.0 Å². The highest BCUT2D eigenvalue weighted by atomic mass is 35.5. The lowest BCUT2D eigenvalue weighted by Gasteiger charge is -2.28. The lowest BCUT2D eigenvalue weighted by Crippen LogP contribution is -2.42. The van der Waals surface area contributed by atoms with E-state index < -0.39 is 23.4 Å². The lowest BCUT2D eigenvalue weighted by molar-refractivity contribution is -0.161. The van der Waals surface area contributed by atoms with Crippen molar-refractivity contribution >= 4 is 58.4 Å². The normalized spacial score (nSPS) is 12.9.